The van der Waals surface area contributed by atoms with Gasteiger partial charge in [-0.05, 0) is 56.9 Å². The molecule has 11 heteroatoms. The lowest BCUT2D eigenvalue weighted by atomic mass is 9.90. The van der Waals surface area contributed by atoms with Crippen molar-refractivity contribution >= 4 is 29.3 Å². The molecule has 2 aromatic heterocycles. The zero-order valence-electron chi connectivity index (χ0n) is 19.8. The predicted molar refractivity (Wildman–Crippen MR) is 124 cm³/mol. The largest absolute Gasteiger partial charge is 0.442 e. The second kappa shape index (κ2) is 9.40. The number of fused-ring (bicyclic) bond motifs is 1. The van der Waals surface area contributed by atoms with E-state index in [1.807, 2.05) is 0 Å². The van der Waals surface area contributed by atoms with Gasteiger partial charge in [0.05, 0.1) is 19.0 Å². The van der Waals surface area contributed by atoms with Crippen molar-refractivity contribution in [2.45, 2.75) is 39.2 Å². The quantitative estimate of drug-likeness (QED) is 0.312. The second-order valence-electron chi connectivity index (χ2n) is 8.99. The summed E-state index contributed by atoms with van der Waals surface area (Å²) in [7, 11) is 0. The van der Waals surface area contributed by atoms with Crippen molar-refractivity contribution in [3.63, 3.8) is 0 Å². The number of cyclic esters (lactones) is 1. The van der Waals surface area contributed by atoms with Crippen molar-refractivity contribution in [1.29, 1.82) is 0 Å². The number of amides is 2. The molecule has 3 aromatic rings. The van der Waals surface area contributed by atoms with Gasteiger partial charge in [-0.15, -0.1) is 0 Å². The van der Waals surface area contributed by atoms with Gasteiger partial charge in [-0.3, -0.25) is 19.3 Å². The SMILES string of the molecule is Cc1cc(C(=O)NC[C@H]2CN(c3ccc4c(c3)CCCC(C(=O)c3cc(C)on3)C4=O)C(=O)O2)no1. The van der Waals surface area contributed by atoms with Crippen molar-refractivity contribution in [3.8, 4) is 0 Å². The Morgan fingerprint density at radius 1 is 1.06 bits per heavy atom. The Kier molecular flexibility index (Phi) is 6.13. The highest BCUT2D eigenvalue weighted by Crippen LogP contribution is 2.31. The Bertz CT molecular complexity index is 1360. The fourth-order valence-electron chi connectivity index (χ4n) is 4.53. The van der Waals surface area contributed by atoms with Crippen LogP contribution in [0.2, 0.25) is 0 Å². The highest BCUT2D eigenvalue weighted by Gasteiger charge is 2.36. The third kappa shape index (κ3) is 4.51. The van der Waals surface area contributed by atoms with Gasteiger partial charge in [-0.2, -0.15) is 0 Å². The van der Waals surface area contributed by atoms with Crippen LogP contribution in [0.1, 0.15) is 61.3 Å². The third-order valence-electron chi connectivity index (χ3n) is 6.34. The van der Waals surface area contributed by atoms with Crippen LogP contribution >= 0.6 is 0 Å². The lowest BCUT2D eigenvalue weighted by Gasteiger charge is -2.16. The van der Waals surface area contributed by atoms with Gasteiger partial charge in [-0.25, -0.2) is 4.79 Å². The van der Waals surface area contributed by atoms with Crippen LogP contribution in [0.3, 0.4) is 0 Å². The maximum atomic E-state index is 13.2. The molecule has 1 aliphatic carbocycles. The van der Waals surface area contributed by atoms with Crippen LogP contribution in [0.4, 0.5) is 10.5 Å². The molecule has 1 unspecified atom stereocenters. The Morgan fingerprint density at radius 3 is 2.47 bits per heavy atom. The van der Waals surface area contributed by atoms with Gasteiger partial charge in [0, 0.05) is 23.4 Å². The molecule has 1 N–H and O–H groups in total. The first-order valence-electron chi connectivity index (χ1n) is 11.6. The van der Waals surface area contributed by atoms with Gasteiger partial charge >= 0.3 is 6.09 Å². The van der Waals surface area contributed by atoms with E-state index in [1.54, 1.807) is 32.0 Å². The molecular formula is C25H24N4O7. The van der Waals surface area contributed by atoms with Crippen molar-refractivity contribution in [2.75, 3.05) is 18.0 Å². The lowest BCUT2D eigenvalue weighted by Crippen LogP contribution is -2.34. The minimum absolute atomic E-state index is 0.113. The van der Waals surface area contributed by atoms with E-state index in [2.05, 4.69) is 15.6 Å². The molecule has 1 fully saturated rings. The third-order valence-corrected chi connectivity index (χ3v) is 6.34. The Morgan fingerprint density at radius 2 is 1.78 bits per heavy atom. The van der Waals surface area contributed by atoms with Crippen LogP contribution in [0.15, 0.2) is 39.4 Å². The van der Waals surface area contributed by atoms with Crippen LogP contribution in [0.25, 0.3) is 0 Å². The van der Waals surface area contributed by atoms with Crippen LogP contribution in [-0.4, -0.2) is 53.1 Å². The van der Waals surface area contributed by atoms with E-state index in [9.17, 15) is 19.2 Å². The van der Waals surface area contributed by atoms with Crippen LogP contribution in [0, 0.1) is 19.8 Å². The summed E-state index contributed by atoms with van der Waals surface area (Å²) in [5.74, 6) is -0.818. The minimum atomic E-state index is -0.820. The number of nitrogens with one attached hydrogen (secondary N) is 1. The summed E-state index contributed by atoms with van der Waals surface area (Å²) in [6.45, 7) is 3.72. The standard InChI is InChI=1S/C25H24N4O7/c1-13-8-20(27-35-13)23(31)19-5-3-4-15-10-16(6-7-18(15)22(19)30)29-12-17(34-25(29)33)11-26-24(32)21-9-14(2)36-28-21/h6-10,17,19H,3-5,11-12H2,1-2H3,(H,26,32)/t17-,19?/m0/s1. The maximum Gasteiger partial charge on any atom is 0.414 e. The fraction of sp³-hybridized carbons (Fsp3) is 0.360. The summed E-state index contributed by atoms with van der Waals surface area (Å²) in [4.78, 5) is 52.3. The molecule has 1 aliphatic heterocycles. The first-order chi connectivity index (χ1) is 17.3. The highest BCUT2D eigenvalue weighted by molar-refractivity contribution is 6.16. The van der Waals surface area contributed by atoms with Crippen LogP contribution in [-0.2, 0) is 11.2 Å². The highest BCUT2D eigenvalue weighted by atomic mass is 16.6. The molecule has 2 amide bonds. The van der Waals surface area contributed by atoms with E-state index >= 15 is 0 Å². The molecule has 0 radical (unpaired) electrons. The molecule has 2 aliphatic rings. The lowest BCUT2D eigenvalue weighted by molar-refractivity contribution is 0.0795. The number of Topliss-reactive ketones (excluding diaryl/α,β-unsaturated/α-hetero) is 2. The van der Waals surface area contributed by atoms with E-state index in [0.717, 1.165) is 5.56 Å². The number of carbonyl (C=O) groups excluding carboxylic acids is 4. The van der Waals surface area contributed by atoms with E-state index in [1.165, 1.54) is 17.0 Å². The topological polar surface area (TPSA) is 145 Å². The molecule has 0 spiro atoms. The van der Waals surface area contributed by atoms with Gasteiger partial charge in [-0.1, -0.05) is 10.3 Å². The smallest absolute Gasteiger partial charge is 0.414 e. The Balaban J connectivity index is 1.27. The summed E-state index contributed by atoms with van der Waals surface area (Å²) < 4.78 is 15.3. The molecule has 11 nitrogen and oxygen atoms in total. The number of nitrogens with zero attached hydrogens (tertiary/aromatic N) is 3. The number of aromatic nitrogens is 2. The van der Waals surface area contributed by atoms with E-state index < -0.39 is 24.0 Å². The number of hydrogen-bond acceptors (Lipinski definition) is 9. The fourth-order valence-corrected chi connectivity index (χ4v) is 4.53. The van der Waals surface area contributed by atoms with Gasteiger partial charge in [0.25, 0.3) is 5.91 Å². The van der Waals surface area contributed by atoms with E-state index in [4.69, 9.17) is 13.8 Å². The summed E-state index contributed by atoms with van der Waals surface area (Å²) in [6, 6.07) is 8.17. The van der Waals surface area contributed by atoms with Crippen molar-refractivity contribution in [2.24, 2.45) is 5.92 Å². The normalized spacial score (nSPS) is 19.6. The first kappa shape index (κ1) is 23.5. The van der Waals surface area contributed by atoms with Gasteiger partial charge in [0.1, 0.15) is 17.6 Å². The number of aryl methyl sites for hydroxylation is 3. The second-order valence-corrected chi connectivity index (χ2v) is 8.99. The number of rotatable bonds is 6. The monoisotopic (exact) mass is 492 g/mol. The number of ketones is 2. The van der Waals surface area contributed by atoms with Crippen molar-refractivity contribution in [3.05, 3.63) is 64.4 Å². The Labute approximate surface area is 205 Å². The number of anilines is 1. The molecule has 3 heterocycles. The molecule has 0 saturated carbocycles. The number of benzene rings is 1. The van der Waals surface area contributed by atoms with Crippen LogP contribution in [0.5, 0.6) is 0 Å². The molecule has 0 bridgehead atoms. The van der Waals surface area contributed by atoms with E-state index in [0.29, 0.717) is 42.0 Å². The summed E-state index contributed by atoms with van der Waals surface area (Å²) in [6.07, 6.45) is 0.543. The summed E-state index contributed by atoms with van der Waals surface area (Å²) in [5.41, 5.74) is 2.13. The van der Waals surface area contributed by atoms with Crippen molar-refractivity contribution < 1.29 is 33.0 Å². The van der Waals surface area contributed by atoms with Gasteiger partial charge < -0.3 is 19.1 Å². The molecule has 36 heavy (non-hydrogen) atoms. The predicted octanol–water partition coefficient (Wildman–Crippen LogP) is 3.05. The van der Waals surface area contributed by atoms with Gasteiger partial charge in [0.2, 0.25) is 0 Å². The average Bonchev–Trinajstić information content (AvgIpc) is 3.56. The van der Waals surface area contributed by atoms with Crippen LogP contribution < -0.4 is 10.2 Å². The molecule has 1 saturated heterocycles. The number of hydrogen-bond donors (Lipinski definition) is 1. The molecule has 186 valence electrons. The molecule has 2 atom stereocenters. The number of carbonyl (C=O) groups is 4. The van der Waals surface area contributed by atoms with E-state index in [-0.39, 0.29) is 36.0 Å². The Hall–Kier alpha value is -4.28. The first-order valence-corrected chi connectivity index (χ1v) is 11.6. The average molecular weight is 492 g/mol. The number of ether oxygens (including phenoxy) is 1. The van der Waals surface area contributed by atoms with Gasteiger partial charge in [0.15, 0.2) is 23.0 Å². The molecule has 5 rings (SSSR count). The molecular weight excluding hydrogens is 468 g/mol. The van der Waals surface area contributed by atoms with Crippen molar-refractivity contribution in [1.82, 2.24) is 15.6 Å². The summed E-state index contributed by atoms with van der Waals surface area (Å²) >= 11 is 0. The summed E-state index contributed by atoms with van der Waals surface area (Å²) in [5, 5.41) is 10.1. The zero-order chi connectivity index (χ0) is 25.4. The minimum Gasteiger partial charge on any atom is -0.442 e. The maximum absolute atomic E-state index is 13.2. The zero-order valence-corrected chi connectivity index (χ0v) is 19.8. The molecule has 1 aromatic carbocycles.